The van der Waals surface area contributed by atoms with E-state index in [-0.39, 0.29) is 11.5 Å². The maximum Gasteiger partial charge on any atom is 0.269 e. The summed E-state index contributed by atoms with van der Waals surface area (Å²) >= 11 is 0. The Balaban J connectivity index is 1.81. The SMILES string of the molecule is O=C1CCCc2cn(Cc3ccc([N+](=O)[O-])cc3)cc21. The fourth-order valence-corrected chi connectivity index (χ4v) is 2.61. The van der Waals surface area contributed by atoms with Crippen LogP contribution in [0.2, 0.25) is 0 Å². The number of hydrogen-bond acceptors (Lipinski definition) is 3. The number of nitro groups is 1. The van der Waals surface area contributed by atoms with Gasteiger partial charge in [0.2, 0.25) is 0 Å². The smallest absolute Gasteiger partial charge is 0.269 e. The number of aryl methyl sites for hydroxylation is 1. The van der Waals surface area contributed by atoms with Gasteiger partial charge in [0.05, 0.1) is 4.92 Å². The average molecular weight is 270 g/mol. The van der Waals surface area contributed by atoms with E-state index in [4.69, 9.17) is 0 Å². The predicted octanol–water partition coefficient (Wildman–Crippen LogP) is 2.96. The zero-order valence-corrected chi connectivity index (χ0v) is 10.9. The third-order valence-corrected chi connectivity index (χ3v) is 3.63. The van der Waals surface area contributed by atoms with Gasteiger partial charge in [-0.2, -0.15) is 0 Å². The molecule has 0 saturated carbocycles. The molecule has 20 heavy (non-hydrogen) atoms. The van der Waals surface area contributed by atoms with Crippen molar-refractivity contribution < 1.29 is 9.72 Å². The molecule has 102 valence electrons. The maximum atomic E-state index is 11.8. The standard InChI is InChI=1S/C15H14N2O3/c18-15-3-1-2-12-9-16(10-14(12)15)8-11-4-6-13(7-5-11)17(19)20/h4-7,9-10H,1-3,8H2. The van der Waals surface area contributed by atoms with Crippen LogP contribution in [-0.4, -0.2) is 15.3 Å². The van der Waals surface area contributed by atoms with Gasteiger partial charge in [0, 0.05) is 43.1 Å². The lowest BCUT2D eigenvalue weighted by Crippen LogP contribution is -2.07. The molecule has 1 aliphatic carbocycles. The molecule has 0 aliphatic heterocycles. The molecule has 0 saturated heterocycles. The van der Waals surface area contributed by atoms with Crippen molar-refractivity contribution in [2.75, 3.05) is 0 Å². The fraction of sp³-hybridized carbons (Fsp3) is 0.267. The van der Waals surface area contributed by atoms with Crippen molar-refractivity contribution in [3.8, 4) is 0 Å². The monoisotopic (exact) mass is 270 g/mol. The lowest BCUT2D eigenvalue weighted by molar-refractivity contribution is -0.384. The summed E-state index contributed by atoms with van der Waals surface area (Å²) in [6.07, 6.45) is 6.41. The van der Waals surface area contributed by atoms with Gasteiger partial charge in [-0.05, 0) is 24.0 Å². The first-order valence-electron chi connectivity index (χ1n) is 6.58. The number of fused-ring (bicyclic) bond motifs is 1. The second-order valence-electron chi connectivity index (χ2n) is 5.07. The molecule has 1 aromatic heterocycles. The molecule has 1 heterocycles. The van der Waals surface area contributed by atoms with E-state index in [2.05, 4.69) is 0 Å². The minimum atomic E-state index is -0.406. The van der Waals surface area contributed by atoms with E-state index < -0.39 is 4.92 Å². The van der Waals surface area contributed by atoms with Crippen LogP contribution in [-0.2, 0) is 13.0 Å². The van der Waals surface area contributed by atoms with Gasteiger partial charge in [-0.15, -0.1) is 0 Å². The van der Waals surface area contributed by atoms with Crippen LogP contribution < -0.4 is 0 Å². The van der Waals surface area contributed by atoms with E-state index in [0.29, 0.717) is 13.0 Å². The number of hydrogen-bond donors (Lipinski definition) is 0. The molecule has 0 radical (unpaired) electrons. The number of aromatic nitrogens is 1. The molecule has 0 bridgehead atoms. The van der Waals surface area contributed by atoms with Crippen LogP contribution in [0, 0.1) is 10.1 Å². The summed E-state index contributed by atoms with van der Waals surface area (Å²) < 4.78 is 1.98. The minimum absolute atomic E-state index is 0.0933. The minimum Gasteiger partial charge on any atom is -0.349 e. The van der Waals surface area contributed by atoms with Gasteiger partial charge >= 0.3 is 0 Å². The number of carbonyl (C=O) groups excluding carboxylic acids is 1. The highest BCUT2D eigenvalue weighted by molar-refractivity contribution is 5.98. The number of nitro benzene ring substituents is 1. The van der Waals surface area contributed by atoms with Gasteiger partial charge in [-0.3, -0.25) is 14.9 Å². The molecule has 0 unspecified atom stereocenters. The molecule has 3 rings (SSSR count). The van der Waals surface area contributed by atoms with Crippen LogP contribution >= 0.6 is 0 Å². The highest BCUT2D eigenvalue weighted by atomic mass is 16.6. The van der Waals surface area contributed by atoms with Crippen molar-refractivity contribution in [1.29, 1.82) is 0 Å². The summed E-state index contributed by atoms with van der Waals surface area (Å²) in [7, 11) is 0. The summed E-state index contributed by atoms with van der Waals surface area (Å²) in [6, 6.07) is 6.51. The van der Waals surface area contributed by atoms with E-state index >= 15 is 0 Å². The maximum absolute atomic E-state index is 11.8. The van der Waals surface area contributed by atoms with Gasteiger partial charge in [0.15, 0.2) is 5.78 Å². The van der Waals surface area contributed by atoms with E-state index in [1.165, 1.54) is 12.1 Å². The lowest BCUT2D eigenvalue weighted by Gasteiger charge is -2.07. The number of non-ortho nitro benzene ring substituents is 1. The highest BCUT2D eigenvalue weighted by Crippen LogP contribution is 2.23. The van der Waals surface area contributed by atoms with E-state index in [1.807, 2.05) is 17.0 Å². The molecule has 2 aromatic rings. The number of Topliss-reactive ketones (excluding diaryl/α,β-unsaturated/α-hetero) is 1. The zero-order valence-electron chi connectivity index (χ0n) is 10.9. The first-order chi connectivity index (χ1) is 9.63. The van der Waals surface area contributed by atoms with Crippen molar-refractivity contribution in [3.05, 3.63) is 63.5 Å². The van der Waals surface area contributed by atoms with Crippen molar-refractivity contribution >= 4 is 11.5 Å². The second-order valence-corrected chi connectivity index (χ2v) is 5.07. The van der Waals surface area contributed by atoms with E-state index in [1.54, 1.807) is 12.1 Å². The first kappa shape index (κ1) is 12.6. The Morgan fingerprint density at radius 1 is 1.15 bits per heavy atom. The van der Waals surface area contributed by atoms with E-state index in [0.717, 1.165) is 29.5 Å². The Kier molecular flexibility index (Phi) is 3.10. The van der Waals surface area contributed by atoms with Gasteiger partial charge in [-0.1, -0.05) is 12.1 Å². The van der Waals surface area contributed by atoms with Crippen LogP contribution in [0.1, 0.15) is 34.3 Å². The average Bonchev–Trinajstić information content (AvgIpc) is 2.83. The summed E-state index contributed by atoms with van der Waals surface area (Å²) in [5.74, 6) is 0.216. The topological polar surface area (TPSA) is 65.1 Å². The molecule has 1 aromatic carbocycles. The number of benzene rings is 1. The van der Waals surface area contributed by atoms with Gasteiger partial charge in [-0.25, -0.2) is 0 Å². The van der Waals surface area contributed by atoms with Gasteiger partial charge < -0.3 is 4.57 Å². The molecular weight excluding hydrogens is 256 g/mol. The number of nitrogens with zero attached hydrogens (tertiary/aromatic N) is 2. The van der Waals surface area contributed by atoms with E-state index in [9.17, 15) is 14.9 Å². The second kappa shape index (κ2) is 4.92. The predicted molar refractivity (Wildman–Crippen MR) is 73.9 cm³/mol. The molecule has 0 atom stereocenters. The first-order valence-corrected chi connectivity index (χ1v) is 6.58. The quantitative estimate of drug-likeness (QED) is 0.636. The van der Waals surface area contributed by atoms with Gasteiger partial charge in [0.1, 0.15) is 0 Å². The molecule has 0 N–H and O–H groups in total. The molecule has 0 fully saturated rings. The Hall–Kier alpha value is -2.43. The summed E-state index contributed by atoms with van der Waals surface area (Å²) in [5, 5.41) is 10.6. The summed E-state index contributed by atoms with van der Waals surface area (Å²) in [6.45, 7) is 0.623. The molecule has 5 heteroatoms. The Morgan fingerprint density at radius 2 is 1.90 bits per heavy atom. The number of carbonyl (C=O) groups is 1. The van der Waals surface area contributed by atoms with Crippen LogP contribution in [0.25, 0.3) is 0 Å². The Bertz CT molecular complexity index is 671. The molecule has 1 aliphatic rings. The third kappa shape index (κ3) is 2.34. The normalized spacial score (nSPS) is 14.1. The van der Waals surface area contributed by atoms with Crippen molar-refractivity contribution in [2.24, 2.45) is 0 Å². The van der Waals surface area contributed by atoms with Gasteiger partial charge in [0.25, 0.3) is 5.69 Å². The zero-order chi connectivity index (χ0) is 14.1. The fourth-order valence-electron chi connectivity index (χ4n) is 2.61. The summed E-state index contributed by atoms with van der Waals surface area (Å²) in [5.41, 5.74) is 3.02. The highest BCUT2D eigenvalue weighted by Gasteiger charge is 2.19. The van der Waals surface area contributed by atoms with Crippen molar-refractivity contribution in [2.45, 2.75) is 25.8 Å². The molecule has 0 amide bonds. The van der Waals surface area contributed by atoms with Crippen LogP contribution in [0.3, 0.4) is 0 Å². The number of ketones is 1. The molecular formula is C15H14N2O3. The van der Waals surface area contributed by atoms with Crippen molar-refractivity contribution in [3.63, 3.8) is 0 Å². The largest absolute Gasteiger partial charge is 0.349 e. The Labute approximate surface area is 116 Å². The Morgan fingerprint density at radius 3 is 2.55 bits per heavy atom. The molecule has 5 nitrogen and oxygen atoms in total. The summed E-state index contributed by atoms with van der Waals surface area (Å²) in [4.78, 5) is 22.0. The van der Waals surface area contributed by atoms with Crippen LogP contribution in [0.5, 0.6) is 0 Å². The van der Waals surface area contributed by atoms with Crippen molar-refractivity contribution in [1.82, 2.24) is 4.57 Å². The third-order valence-electron chi connectivity index (χ3n) is 3.63. The number of rotatable bonds is 3. The van der Waals surface area contributed by atoms with Crippen LogP contribution in [0.15, 0.2) is 36.7 Å². The van der Waals surface area contributed by atoms with Crippen LogP contribution in [0.4, 0.5) is 5.69 Å². The molecule has 0 spiro atoms. The lowest BCUT2D eigenvalue weighted by atomic mass is 9.95.